The van der Waals surface area contributed by atoms with Crippen molar-refractivity contribution >= 4 is 34.3 Å². The summed E-state index contributed by atoms with van der Waals surface area (Å²) in [5, 5.41) is 3.89. The minimum absolute atomic E-state index is 0.101. The van der Waals surface area contributed by atoms with Gasteiger partial charge < -0.3 is 10.3 Å². The predicted octanol–water partition coefficient (Wildman–Crippen LogP) is 4.12. The van der Waals surface area contributed by atoms with Crippen molar-refractivity contribution in [1.29, 1.82) is 0 Å². The van der Waals surface area contributed by atoms with Gasteiger partial charge in [0.2, 0.25) is 0 Å². The number of hydrogen-bond donors (Lipinski definition) is 2. The second-order valence-electron chi connectivity index (χ2n) is 5.62. The third-order valence-corrected chi connectivity index (χ3v) is 4.98. The van der Waals surface area contributed by atoms with Gasteiger partial charge in [-0.3, -0.25) is 9.59 Å². The first-order valence-corrected chi connectivity index (χ1v) is 8.81. The van der Waals surface area contributed by atoms with E-state index < -0.39 is 0 Å². The van der Waals surface area contributed by atoms with Crippen molar-refractivity contribution in [2.24, 2.45) is 0 Å². The van der Waals surface area contributed by atoms with Gasteiger partial charge in [-0.1, -0.05) is 18.2 Å². The number of aryl methyl sites for hydroxylation is 1. The fourth-order valence-corrected chi connectivity index (χ4v) is 3.27. The largest absolute Gasteiger partial charge is 0.322 e. The molecule has 0 fully saturated rings. The Labute approximate surface area is 144 Å². The average Bonchev–Trinajstić information content (AvgIpc) is 2.59. The highest BCUT2D eigenvalue weighted by Crippen LogP contribution is 2.23. The number of benzene rings is 2. The standard InChI is InChI=1S/C19H18N2O2S/c1-11-12(2)18(22)21-16-10-13(8-9-14(11)16)20-19(23)15-6-4-5-7-17(15)24-3/h4-10H,1-3H3,(H,20,23)(H,21,22). The Morgan fingerprint density at radius 2 is 1.83 bits per heavy atom. The van der Waals surface area contributed by atoms with Crippen LogP contribution in [0.2, 0.25) is 0 Å². The molecule has 1 aromatic heterocycles. The number of carbonyl (C=O) groups excluding carboxylic acids is 1. The first-order valence-electron chi connectivity index (χ1n) is 7.59. The van der Waals surface area contributed by atoms with E-state index in [1.807, 2.05) is 50.4 Å². The van der Waals surface area contributed by atoms with Crippen LogP contribution in [0.15, 0.2) is 52.2 Å². The zero-order valence-electron chi connectivity index (χ0n) is 13.8. The Morgan fingerprint density at radius 1 is 1.08 bits per heavy atom. The number of hydrogen-bond acceptors (Lipinski definition) is 3. The van der Waals surface area contributed by atoms with Crippen molar-refractivity contribution in [2.45, 2.75) is 18.7 Å². The molecule has 1 heterocycles. The van der Waals surface area contributed by atoms with Gasteiger partial charge in [0.15, 0.2) is 0 Å². The van der Waals surface area contributed by atoms with Gasteiger partial charge in [0.1, 0.15) is 0 Å². The third-order valence-electron chi connectivity index (χ3n) is 4.18. The number of nitrogens with one attached hydrogen (secondary N) is 2. The van der Waals surface area contributed by atoms with Gasteiger partial charge in [-0.05, 0) is 49.9 Å². The molecule has 1 amide bonds. The fourth-order valence-electron chi connectivity index (χ4n) is 2.67. The number of pyridine rings is 1. The summed E-state index contributed by atoms with van der Waals surface area (Å²) in [6.45, 7) is 3.74. The third kappa shape index (κ3) is 2.95. The first kappa shape index (κ1) is 16.3. The number of anilines is 1. The van der Waals surface area contributed by atoms with E-state index in [4.69, 9.17) is 0 Å². The summed E-state index contributed by atoms with van der Waals surface area (Å²) >= 11 is 1.53. The summed E-state index contributed by atoms with van der Waals surface area (Å²) in [6.07, 6.45) is 1.94. The second-order valence-corrected chi connectivity index (χ2v) is 6.47. The molecule has 122 valence electrons. The summed E-state index contributed by atoms with van der Waals surface area (Å²) in [7, 11) is 0. The van der Waals surface area contributed by atoms with E-state index in [0.717, 1.165) is 21.4 Å². The Morgan fingerprint density at radius 3 is 2.58 bits per heavy atom. The van der Waals surface area contributed by atoms with Gasteiger partial charge in [-0.15, -0.1) is 11.8 Å². The summed E-state index contributed by atoms with van der Waals surface area (Å²) < 4.78 is 0. The molecule has 0 aliphatic heterocycles. The molecule has 0 aliphatic rings. The van der Waals surface area contributed by atoms with Crippen LogP contribution in [0.4, 0.5) is 5.69 Å². The molecule has 0 bridgehead atoms. The Hall–Kier alpha value is -2.53. The maximum Gasteiger partial charge on any atom is 0.256 e. The van der Waals surface area contributed by atoms with Gasteiger partial charge in [-0.2, -0.15) is 0 Å². The fraction of sp³-hybridized carbons (Fsp3) is 0.158. The van der Waals surface area contributed by atoms with E-state index in [-0.39, 0.29) is 11.5 Å². The molecule has 24 heavy (non-hydrogen) atoms. The van der Waals surface area contributed by atoms with Crippen LogP contribution in [0.25, 0.3) is 10.9 Å². The van der Waals surface area contributed by atoms with E-state index in [2.05, 4.69) is 10.3 Å². The number of H-pyrrole nitrogens is 1. The van der Waals surface area contributed by atoms with Crippen LogP contribution in [-0.2, 0) is 0 Å². The van der Waals surface area contributed by atoms with Crippen LogP contribution in [0.1, 0.15) is 21.5 Å². The lowest BCUT2D eigenvalue weighted by molar-refractivity contribution is 0.102. The monoisotopic (exact) mass is 338 g/mol. The maximum absolute atomic E-state index is 12.5. The Balaban J connectivity index is 1.97. The lowest BCUT2D eigenvalue weighted by Crippen LogP contribution is -2.14. The van der Waals surface area contributed by atoms with Gasteiger partial charge >= 0.3 is 0 Å². The first-order chi connectivity index (χ1) is 11.5. The predicted molar refractivity (Wildman–Crippen MR) is 100 cm³/mol. The van der Waals surface area contributed by atoms with Crippen LogP contribution in [0, 0.1) is 13.8 Å². The average molecular weight is 338 g/mol. The Bertz CT molecular complexity index is 992. The highest BCUT2D eigenvalue weighted by molar-refractivity contribution is 7.98. The molecule has 0 aliphatic carbocycles. The highest BCUT2D eigenvalue weighted by Gasteiger charge is 2.12. The number of rotatable bonds is 3. The molecule has 0 unspecified atom stereocenters. The summed E-state index contributed by atoms with van der Waals surface area (Å²) in [6, 6.07) is 13.0. The molecule has 0 saturated carbocycles. The van der Waals surface area contributed by atoms with E-state index in [9.17, 15) is 9.59 Å². The van der Waals surface area contributed by atoms with Crippen LogP contribution >= 0.6 is 11.8 Å². The molecular weight excluding hydrogens is 320 g/mol. The van der Waals surface area contributed by atoms with Gasteiger partial charge in [0, 0.05) is 21.5 Å². The smallest absolute Gasteiger partial charge is 0.256 e. The summed E-state index contributed by atoms with van der Waals surface area (Å²) in [4.78, 5) is 28.3. The molecule has 5 heteroatoms. The number of aromatic amines is 1. The lowest BCUT2D eigenvalue weighted by Gasteiger charge is -2.10. The van der Waals surface area contributed by atoms with Gasteiger partial charge in [0.25, 0.3) is 11.5 Å². The maximum atomic E-state index is 12.5. The summed E-state index contributed by atoms with van der Waals surface area (Å²) in [5.74, 6) is -0.162. The van der Waals surface area contributed by atoms with Crippen molar-refractivity contribution in [2.75, 3.05) is 11.6 Å². The molecule has 0 atom stereocenters. The molecule has 2 N–H and O–H groups in total. The van der Waals surface area contributed by atoms with Crippen LogP contribution in [0.5, 0.6) is 0 Å². The molecule has 0 saturated heterocycles. The zero-order chi connectivity index (χ0) is 17.3. The van der Waals surface area contributed by atoms with E-state index in [0.29, 0.717) is 16.8 Å². The van der Waals surface area contributed by atoms with E-state index in [1.54, 1.807) is 12.1 Å². The minimum Gasteiger partial charge on any atom is -0.322 e. The number of carbonyl (C=O) groups is 1. The zero-order valence-corrected chi connectivity index (χ0v) is 14.6. The van der Waals surface area contributed by atoms with E-state index >= 15 is 0 Å². The van der Waals surface area contributed by atoms with Crippen molar-refractivity contribution in [3.63, 3.8) is 0 Å². The lowest BCUT2D eigenvalue weighted by atomic mass is 10.1. The number of aromatic nitrogens is 1. The van der Waals surface area contributed by atoms with Crippen LogP contribution < -0.4 is 10.9 Å². The molecule has 3 rings (SSSR count). The number of fused-ring (bicyclic) bond motifs is 1. The quantitative estimate of drug-likeness (QED) is 0.706. The van der Waals surface area contributed by atoms with E-state index in [1.165, 1.54) is 11.8 Å². The topological polar surface area (TPSA) is 62.0 Å². The molecule has 0 radical (unpaired) electrons. The minimum atomic E-state index is -0.162. The molecule has 0 spiro atoms. The molecule has 2 aromatic carbocycles. The van der Waals surface area contributed by atoms with Crippen molar-refractivity contribution in [3.8, 4) is 0 Å². The number of thioether (sulfide) groups is 1. The highest BCUT2D eigenvalue weighted by atomic mass is 32.2. The normalized spacial score (nSPS) is 10.8. The van der Waals surface area contributed by atoms with Crippen molar-refractivity contribution < 1.29 is 4.79 Å². The van der Waals surface area contributed by atoms with Crippen molar-refractivity contribution in [3.05, 3.63) is 69.5 Å². The van der Waals surface area contributed by atoms with Gasteiger partial charge in [-0.25, -0.2) is 0 Å². The molecular formula is C19H18N2O2S. The Kier molecular flexibility index (Phi) is 4.44. The van der Waals surface area contributed by atoms with Crippen LogP contribution in [-0.4, -0.2) is 17.1 Å². The summed E-state index contributed by atoms with van der Waals surface area (Å²) in [5.41, 5.74) is 3.59. The number of amides is 1. The van der Waals surface area contributed by atoms with Crippen molar-refractivity contribution in [1.82, 2.24) is 4.98 Å². The molecule has 4 nitrogen and oxygen atoms in total. The van der Waals surface area contributed by atoms with Gasteiger partial charge in [0.05, 0.1) is 11.1 Å². The SMILES string of the molecule is CSc1ccccc1C(=O)Nc1ccc2c(C)c(C)c(=O)[nH]c2c1. The molecule has 3 aromatic rings. The second kappa shape index (κ2) is 6.53. The van der Waals surface area contributed by atoms with Crippen LogP contribution in [0.3, 0.4) is 0 Å².